The van der Waals surface area contributed by atoms with Crippen molar-refractivity contribution in [2.75, 3.05) is 6.54 Å². The molecule has 17 heavy (non-hydrogen) atoms. The number of carbonyl (C=O) groups is 1. The van der Waals surface area contributed by atoms with Crippen LogP contribution in [0.4, 0.5) is 0 Å². The quantitative estimate of drug-likeness (QED) is 0.931. The largest absolute Gasteiger partial charge is 0.480 e. The zero-order valence-corrected chi connectivity index (χ0v) is 11.7. The SMILES string of the molecule is Cl.O=C(O)[C@@H]1CCCN1Cc1ccc(Br)cc1. The molecule has 2 rings (SSSR count). The molecule has 1 aromatic carbocycles. The molecule has 3 nitrogen and oxygen atoms in total. The molecule has 1 atom stereocenters. The van der Waals surface area contributed by atoms with Crippen molar-refractivity contribution >= 4 is 34.3 Å². The number of aliphatic carboxylic acids is 1. The third kappa shape index (κ3) is 3.69. The number of nitrogens with zero attached hydrogens (tertiary/aromatic N) is 1. The van der Waals surface area contributed by atoms with Crippen molar-refractivity contribution in [1.82, 2.24) is 4.90 Å². The molecule has 1 aliphatic rings. The Kier molecular flexibility index (Phi) is 5.43. The molecule has 0 aliphatic carbocycles. The zero-order chi connectivity index (χ0) is 11.5. The van der Waals surface area contributed by atoms with Crippen LogP contribution in [0, 0.1) is 0 Å². The number of likely N-dealkylation sites (tertiary alicyclic amines) is 1. The number of rotatable bonds is 3. The van der Waals surface area contributed by atoms with Gasteiger partial charge in [-0.3, -0.25) is 9.69 Å². The van der Waals surface area contributed by atoms with Gasteiger partial charge < -0.3 is 5.11 Å². The van der Waals surface area contributed by atoms with Crippen LogP contribution in [0.2, 0.25) is 0 Å². The summed E-state index contributed by atoms with van der Waals surface area (Å²) < 4.78 is 1.05. The second-order valence-electron chi connectivity index (χ2n) is 4.09. The maximum atomic E-state index is 11.0. The number of carboxylic acid groups (broad SMARTS) is 1. The van der Waals surface area contributed by atoms with Gasteiger partial charge in [-0.1, -0.05) is 28.1 Å². The molecule has 0 saturated carbocycles. The Morgan fingerprint density at radius 2 is 2.06 bits per heavy atom. The molecule has 0 unspecified atom stereocenters. The van der Waals surface area contributed by atoms with Crippen LogP contribution in [0.25, 0.3) is 0 Å². The first-order chi connectivity index (χ1) is 7.66. The lowest BCUT2D eigenvalue weighted by molar-refractivity contribution is -0.142. The van der Waals surface area contributed by atoms with Crippen LogP contribution in [-0.2, 0) is 11.3 Å². The van der Waals surface area contributed by atoms with Gasteiger partial charge in [0.05, 0.1) is 0 Å². The normalized spacial score (nSPS) is 19.9. The third-order valence-electron chi connectivity index (χ3n) is 2.95. The van der Waals surface area contributed by atoms with Gasteiger partial charge in [-0.2, -0.15) is 0 Å². The van der Waals surface area contributed by atoms with Crippen LogP contribution in [-0.4, -0.2) is 28.6 Å². The Hall–Kier alpha value is -0.580. The van der Waals surface area contributed by atoms with E-state index in [-0.39, 0.29) is 18.4 Å². The van der Waals surface area contributed by atoms with Crippen molar-refractivity contribution in [3.05, 3.63) is 34.3 Å². The molecular formula is C12H15BrClNO2. The van der Waals surface area contributed by atoms with Crippen molar-refractivity contribution in [1.29, 1.82) is 0 Å². The number of benzene rings is 1. The molecule has 0 spiro atoms. The molecule has 1 N–H and O–H groups in total. The van der Waals surface area contributed by atoms with E-state index in [4.69, 9.17) is 5.11 Å². The first-order valence-corrected chi connectivity index (χ1v) is 6.17. The van der Waals surface area contributed by atoms with E-state index in [1.807, 2.05) is 29.2 Å². The molecule has 1 aliphatic heterocycles. The van der Waals surface area contributed by atoms with Gasteiger partial charge in [-0.15, -0.1) is 12.4 Å². The van der Waals surface area contributed by atoms with E-state index < -0.39 is 5.97 Å². The molecule has 1 aromatic rings. The highest BCUT2D eigenvalue weighted by molar-refractivity contribution is 9.10. The van der Waals surface area contributed by atoms with Crippen LogP contribution in [0.15, 0.2) is 28.7 Å². The molecule has 0 aromatic heterocycles. The second kappa shape index (κ2) is 6.38. The number of halogens is 2. The molecule has 1 fully saturated rings. The Bertz CT molecular complexity index is 383. The van der Waals surface area contributed by atoms with Crippen molar-refractivity contribution in [2.45, 2.75) is 25.4 Å². The van der Waals surface area contributed by atoms with Crippen LogP contribution < -0.4 is 0 Å². The summed E-state index contributed by atoms with van der Waals surface area (Å²) >= 11 is 3.39. The van der Waals surface area contributed by atoms with E-state index in [0.717, 1.165) is 36.0 Å². The maximum absolute atomic E-state index is 11.0. The number of hydrogen-bond acceptors (Lipinski definition) is 2. The lowest BCUT2D eigenvalue weighted by Gasteiger charge is -2.20. The molecule has 1 saturated heterocycles. The van der Waals surface area contributed by atoms with Crippen molar-refractivity contribution in [2.24, 2.45) is 0 Å². The average Bonchev–Trinajstić information content (AvgIpc) is 2.69. The number of hydrogen-bond donors (Lipinski definition) is 1. The zero-order valence-electron chi connectivity index (χ0n) is 9.30. The van der Waals surface area contributed by atoms with Gasteiger partial charge in [0.1, 0.15) is 6.04 Å². The predicted octanol–water partition coefficient (Wildman–Crippen LogP) is 2.92. The predicted molar refractivity (Wildman–Crippen MR) is 72.5 cm³/mol. The van der Waals surface area contributed by atoms with Crippen LogP contribution >= 0.6 is 28.3 Å². The summed E-state index contributed by atoms with van der Waals surface area (Å²) in [6, 6.07) is 7.73. The number of carboxylic acids is 1. The third-order valence-corrected chi connectivity index (χ3v) is 3.48. The Balaban J connectivity index is 0.00000144. The van der Waals surface area contributed by atoms with E-state index in [1.54, 1.807) is 0 Å². The van der Waals surface area contributed by atoms with Gasteiger partial charge in [-0.05, 0) is 37.1 Å². The van der Waals surface area contributed by atoms with Crippen molar-refractivity contribution in [3.8, 4) is 0 Å². The molecule has 0 bridgehead atoms. The van der Waals surface area contributed by atoms with Gasteiger partial charge in [0, 0.05) is 11.0 Å². The smallest absolute Gasteiger partial charge is 0.320 e. The first-order valence-electron chi connectivity index (χ1n) is 5.38. The lowest BCUT2D eigenvalue weighted by Crippen LogP contribution is -2.35. The van der Waals surface area contributed by atoms with Gasteiger partial charge in [-0.25, -0.2) is 0 Å². The highest BCUT2D eigenvalue weighted by Crippen LogP contribution is 2.21. The van der Waals surface area contributed by atoms with E-state index in [1.165, 1.54) is 0 Å². The summed E-state index contributed by atoms with van der Waals surface area (Å²) in [5.41, 5.74) is 1.16. The van der Waals surface area contributed by atoms with Crippen LogP contribution in [0.1, 0.15) is 18.4 Å². The van der Waals surface area contributed by atoms with Gasteiger partial charge in [0.2, 0.25) is 0 Å². The van der Waals surface area contributed by atoms with Crippen LogP contribution in [0.3, 0.4) is 0 Å². The summed E-state index contributed by atoms with van der Waals surface area (Å²) in [4.78, 5) is 13.0. The average molecular weight is 321 g/mol. The van der Waals surface area contributed by atoms with Crippen LogP contribution in [0.5, 0.6) is 0 Å². The van der Waals surface area contributed by atoms with Gasteiger partial charge >= 0.3 is 5.97 Å². The Morgan fingerprint density at radius 1 is 1.41 bits per heavy atom. The Labute approximate surface area is 115 Å². The highest BCUT2D eigenvalue weighted by atomic mass is 79.9. The minimum Gasteiger partial charge on any atom is -0.480 e. The Morgan fingerprint density at radius 3 is 2.65 bits per heavy atom. The summed E-state index contributed by atoms with van der Waals surface area (Å²) in [5, 5.41) is 9.06. The summed E-state index contributed by atoms with van der Waals surface area (Å²) in [5.74, 6) is -0.699. The first kappa shape index (κ1) is 14.5. The lowest BCUT2D eigenvalue weighted by atomic mass is 10.2. The summed E-state index contributed by atoms with van der Waals surface area (Å²) in [6.45, 7) is 1.61. The fourth-order valence-corrected chi connectivity index (χ4v) is 2.38. The summed E-state index contributed by atoms with van der Waals surface area (Å²) in [6.07, 6.45) is 1.75. The monoisotopic (exact) mass is 319 g/mol. The fourth-order valence-electron chi connectivity index (χ4n) is 2.12. The molecular weight excluding hydrogens is 305 g/mol. The van der Waals surface area contributed by atoms with E-state index in [0.29, 0.717) is 0 Å². The minimum absolute atomic E-state index is 0. The molecule has 5 heteroatoms. The topological polar surface area (TPSA) is 40.5 Å². The van der Waals surface area contributed by atoms with Crippen molar-refractivity contribution < 1.29 is 9.90 Å². The van der Waals surface area contributed by atoms with E-state index in [9.17, 15) is 4.79 Å². The fraction of sp³-hybridized carbons (Fsp3) is 0.417. The van der Waals surface area contributed by atoms with E-state index in [2.05, 4.69) is 15.9 Å². The summed E-state index contributed by atoms with van der Waals surface area (Å²) in [7, 11) is 0. The minimum atomic E-state index is -0.699. The molecule has 0 amide bonds. The van der Waals surface area contributed by atoms with Crippen molar-refractivity contribution in [3.63, 3.8) is 0 Å². The van der Waals surface area contributed by atoms with E-state index >= 15 is 0 Å². The van der Waals surface area contributed by atoms with Gasteiger partial charge in [0.25, 0.3) is 0 Å². The molecule has 0 radical (unpaired) electrons. The second-order valence-corrected chi connectivity index (χ2v) is 5.01. The molecule has 94 valence electrons. The maximum Gasteiger partial charge on any atom is 0.320 e. The molecule has 1 heterocycles. The highest BCUT2D eigenvalue weighted by Gasteiger charge is 2.29. The van der Waals surface area contributed by atoms with Gasteiger partial charge in [0.15, 0.2) is 0 Å². The standard InChI is InChI=1S/C12H14BrNO2.ClH/c13-10-5-3-9(4-6-10)8-14-7-1-2-11(14)12(15)16;/h3-6,11H,1-2,7-8H2,(H,15,16);1H/t11-;/m0./s1.